The summed E-state index contributed by atoms with van der Waals surface area (Å²) in [6.07, 6.45) is 3.81. The maximum Gasteiger partial charge on any atom is 0.0325 e. The monoisotopic (exact) mass is 261 g/mol. The van der Waals surface area contributed by atoms with Gasteiger partial charge in [0.15, 0.2) is 0 Å². The SMILES string of the molecule is CCCCC(NCC)c1c(C)c(C)c(C)c(C)c1C. The molecule has 0 aliphatic carbocycles. The van der Waals surface area contributed by atoms with Gasteiger partial charge in [0, 0.05) is 6.04 Å². The normalized spacial score (nSPS) is 12.8. The van der Waals surface area contributed by atoms with Crippen LogP contribution in [0.15, 0.2) is 0 Å². The summed E-state index contributed by atoms with van der Waals surface area (Å²) in [7, 11) is 0. The van der Waals surface area contributed by atoms with E-state index < -0.39 is 0 Å². The minimum Gasteiger partial charge on any atom is -0.310 e. The van der Waals surface area contributed by atoms with Crippen molar-refractivity contribution in [3.05, 3.63) is 33.4 Å². The second-order valence-electron chi connectivity index (χ2n) is 5.79. The second kappa shape index (κ2) is 7.09. The summed E-state index contributed by atoms with van der Waals surface area (Å²) in [4.78, 5) is 0. The third-order valence-corrected chi connectivity index (χ3v) is 4.70. The minimum atomic E-state index is 0.517. The Kier molecular flexibility index (Phi) is 6.06. The Morgan fingerprint density at radius 3 is 1.68 bits per heavy atom. The molecule has 1 atom stereocenters. The number of unbranched alkanes of at least 4 members (excludes halogenated alkanes) is 1. The first-order chi connectivity index (χ1) is 8.95. The molecule has 1 unspecified atom stereocenters. The van der Waals surface area contributed by atoms with Crippen LogP contribution in [0.5, 0.6) is 0 Å². The molecule has 0 fully saturated rings. The highest BCUT2D eigenvalue weighted by Crippen LogP contribution is 2.32. The van der Waals surface area contributed by atoms with Gasteiger partial charge in [0.2, 0.25) is 0 Å². The first-order valence-corrected chi connectivity index (χ1v) is 7.75. The van der Waals surface area contributed by atoms with E-state index in [1.54, 1.807) is 5.56 Å². The van der Waals surface area contributed by atoms with Crippen molar-refractivity contribution < 1.29 is 0 Å². The zero-order valence-electron chi connectivity index (χ0n) is 13.9. The Labute approximate surface area is 119 Å². The number of hydrogen-bond acceptors (Lipinski definition) is 1. The van der Waals surface area contributed by atoms with Gasteiger partial charge in [-0.15, -0.1) is 0 Å². The molecule has 1 aromatic carbocycles. The van der Waals surface area contributed by atoms with Crippen molar-refractivity contribution in [1.82, 2.24) is 5.32 Å². The van der Waals surface area contributed by atoms with Crippen molar-refractivity contribution in [2.75, 3.05) is 6.54 Å². The fourth-order valence-corrected chi connectivity index (χ4v) is 3.05. The summed E-state index contributed by atoms with van der Waals surface area (Å²) >= 11 is 0. The topological polar surface area (TPSA) is 12.0 Å². The molecule has 0 radical (unpaired) electrons. The van der Waals surface area contributed by atoms with Crippen LogP contribution in [0.25, 0.3) is 0 Å². The van der Waals surface area contributed by atoms with E-state index in [1.165, 1.54) is 47.1 Å². The first kappa shape index (κ1) is 16.2. The van der Waals surface area contributed by atoms with Crippen LogP contribution in [0.2, 0.25) is 0 Å². The summed E-state index contributed by atoms with van der Waals surface area (Å²) in [5.41, 5.74) is 8.93. The van der Waals surface area contributed by atoms with Crippen LogP contribution < -0.4 is 5.32 Å². The van der Waals surface area contributed by atoms with E-state index >= 15 is 0 Å². The van der Waals surface area contributed by atoms with Crippen molar-refractivity contribution in [3.8, 4) is 0 Å². The quantitative estimate of drug-likeness (QED) is 0.754. The molecular weight excluding hydrogens is 230 g/mol. The third kappa shape index (κ3) is 3.39. The maximum absolute atomic E-state index is 3.69. The largest absolute Gasteiger partial charge is 0.310 e. The van der Waals surface area contributed by atoms with E-state index in [-0.39, 0.29) is 0 Å². The number of benzene rings is 1. The zero-order chi connectivity index (χ0) is 14.6. The van der Waals surface area contributed by atoms with E-state index in [2.05, 4.69) is 53.8 Å². The van der Waals surface area contributed by atoms with Crippen LogP contribution in [0, 0.1) is 34.6 Å². The lowest BCUT2D eigenvalue weighted by molar-refractivity contribution is 0.490. The Bertz CT molecular complexity index is 403. The van der Waals surface area contributed by atoms with E-state index in [1.807, 2.05) is 0 Å². The van der Waals surface area contributed by atoms with Crippen molar-refractivity contribution in [2.45, 2.75) is 73.8 Å². The fraction of sp³-hybridized carbons (Fsp3) is 0.667. The average Bonchev–Trinajstić information content (AvgIpc) is 2.40. The number of nitrogens with one attached hydrogen (secondary N) is 1. The van der Waals surface area contributed by atoms with Crippen molar-refractivity contribution in [1.29, 1.82) is 0 Å². The van der Waals surface area contributed by atoms with Crippen LogP contribution in [0.4, 0.5) is 0 Å². The van der Waals surface area contributed by atoms with E-state index in [9.17, 15) is 0 Å². The van der Waals surface area contributed by atoms with E-state index in [0.717, 1.165) is 6.54 Å². The summed E-state index contributed by atoms with van der Waals surface area (Å²) < 4.78 is 0. The van der Waals surface area contributed by atoms with Gasteiger partial charge in [-0.05, 0) is 81.0 Å². The fourth-order valence-electron chi connectivity index (χ4n) is 3.05. The molecule has 0 bridgehead atoms. The lowest BCUT2D eigenvalue weighted by atomic mass is 9.85. The van der Waals surface area contributed by atoms with Crippen LogP contribution in [-0.2, 0) is 0 Å². The Morgan fingerprint density at radius 1 is 0.789 bits per heavy atom. The molecule has 0 heterocycles. The van der Waals surface area contributed by atoms with Gasteiger partial charge < -0.3 is 5.32 Å². The second-order valence-corrected chi connectivity index (χ2v) is 5.79. The van der Waals surface area contributed by atoms with Gasteiger partial charge >= 0.3 is 0 Å². The molecule has 19 heavy (non-hydrogen) atoms. The number of rotatable bonds is 6. The van der Waals surface area contributed by atoms with Gasteiger partial charge in [0.25, 0.3) is 0 Å². The average molecular weight is 261 g/mol. The van der Waals surface area contributed by atoms with Gasteiger partial charge in [-0.25, -0.2) is 0 Å². The lowest BCUT2D eigenvalue weighted by Gasteiger charge is -2.26. The molecule has 0 saturated carbocycles. The van der Waals surface area contributed by atoms with Gasteiger partial charge in [-0.2, -0.15) is 0 Å². The molecule has 1 N–H and O–H groups in total. The molecule has 0 amide bonds. The Balaban J connectivity index is 3.29. The van der Waals surface area contributed by atoms with Crippen molar-refractivity contribution in [3.63, 3.8) is 0 Å². The molecule has 0 spiro atoms. The highest BCUT2D eigenvalue weighted by atomic mass is 14.9. The molecule has 0 aromatic heterocycles. The molecular formula is C18H31N. The standard InChI is InChI=1S/C18H31N/c1-8-10-11-17(19-9-2)18-15(6)13(4)12(3)14(5)16(18)7/h17,19H,8-11H2,1-7H3. The maximum atomic E-state index is 3.69. The van der Waals surface area contributed by atoms with Crippen LogP contribution in [0.3, 0.4) is 0 Å². The summed E-state index contributed by atoms with van der Waals surface area (Å²) in [6.45, 7) is 16.9. The van der Waals surface area contributed by atoms with Crippen LogP contribution in [-0.4, -0.2) is 6.54 Å². The summed E-state index contributed by atoms with van der Waals surface area (Å²) in [5, 5.41) is 3.69. The smallest absolute Gasteiger partial charge is 0.0325 e. The molecule has 1 heteroatoms. The van der Waals surface area contributed by atoms with Gasteiger partial charge in [0.1, 0.15) is 0 Å². The first-order valence-electron chi connectivity index (χ1n) is 7.75. The highest BCUT2D eigenvalue weighted by Gasteiger charge is 2.19. The molecule has 1 rings (SSSR count). The van der Waals surface area contributed by atoms with Crippen molar-refractivity contribution in [2.24, 2.45) is 0 Å². The van der Waals surface area contributed by atoms with Crippen molar-refractivity contribution >= 4 is 0 Å². The van der Waals surface area contributed by atoms with Gasteiger partial charge in [0.05, 0.1) is 0 Å². The van der Waals surface area contributed by atoms with E-state index in [4.69, 9.17) is 0 Å². The van der Waals surface area contributed by atoms with Gasteiger partial charge in [-0.3, -0.25) is 0 Å². The zero-order valence-corrected chi connectivity index (χ0v) is 13.9. The van der Waals surface area contributed by atoms with E-state index in [0.29, 0.717) is 6.04 Å². The lowest BCUT2D eigenvalue weighted by Crippen LogP contribution is -2.23. The molecule has 1 aromatic rings. The Hall–Kier alpha value is -0.820. The Morgan fingerprint density at radius 2 is 1.26 bits per heavy atom. The highest BCUT2D eigenvalue weighted by molar-refractivity contribution is 5.50. The molecule has 0 saturated heterocycles. The molecule has 0 aliphatic rings. The van der Waals surface area contributed by atoms with Crippen LogP contribution >= 0.6 is 0 Å². The molecule has 0 aliphatic heterocycles. The minimum absolute atomic E-state index is 0.517. The van der Waals surface area contributed by atoms with Crippen LogP contribution in [0.1, 0.15) is 72.5 Å². The predicted octanol–water partition coefficient (Wildman–Crippen LogP) is 5.07. The number of hydrogen-bond donors (Lipinski definition) is 1. The van der Waals surface area contributed by atoms with Gasteiger partial charge in [-0.1, -0.05) is 26.7 Å². The predicted molar refractivity (Wildman–Crippen MR) is 86.1 cm³/mol. The molecule has 1 nitrogen and oxygen atoms in total. The molecule has 108 valence electrons. The summed E-state index contributed by atoms with van der Waals surface area (Å²) in [5.74, 6) is 0. The summed E-state index contributed by atoms with van der Waals surface area (Å²) in [6, 6.07) is 0.517. The third-order valence-electron chi connectivity index (χ3n) is 4.70.